The van der Waals surface area contributed by atoms with Crippen LogP contribution in [0.25, 0.3) is 5.57 Å². The molecule has 1 aromatic carbocycles. The number of aromatic nitrogens is 1. The van der Waals surface area contributed by atoms with Crippen LogP contribution in [0.5, 0.6) is 0 Å². The number of nitrogens with one attached hydrogen (secondary N) is 1. The van der Waals surface area contributed by atoms with Gasteiger partial charge in [-0.3, -0.25) is 24.7 Å². The second-order valence-electron chi connectivity index (χ2n) is 4.94. The number of pyridine rings is 1. The van der Waals surface area contributed by atoms with E-state index in [9.17, 15) is 19.7 Å². The molecule has 1 amide bonds. The van der Waals surface area contributed by atoms with Gasteiger partial charge in [0.25, 0.3) is 17.4 Å². The van der Waals surface area contributed by atoms with Crippen molar-refractivity contribution < 1.29 is 14.5 Å². The van der Waals surface area contributed by atoms with E-state index in [0.717, 1.165) is 5.56 Å². The van der Waals surface area contributed by atoms with Crippen LogP contribution in [-0.4, -0.2) is 21.6 Å². The summed E-state index contributed by atoms with van der Waals surface area (Å²) in [5, 5.41) is 13.4. The maximum Gasteiger partial charge on any atom is 0.296 e. The average molecular weight is 309 g/mol. The quantitative estimate of drug-likeness (QED) is 0.529. The first-order valence-electron chi connectivity index (χ1n) is 6.80. The highest BCUT2D eigenvalue weighted by Crippen LogP contribution is 2.31. The fraction of sp³-hybridized carbons (Fsp3) is 0.0625. The van der Waals surface area contributed by atoms with Gasteiger partial charge in [-0.05, 0) is 29.7 Å². The number of nitro benzene ring substituents is 1. The monoisotopic (exact) mass is 309 g/mol. The zero-order valence-electron chi connectivity index (χ0n) is 11.9. The predicted molar refractivity (Wildman–Crippen MR) is 82.7 cm³/mol. The second kappa shape index (κ2) is 5.80. The number of anilines is 1. The van der Waals surface area contributed by atoms with Crippen molar-refractivity contribution in [1.29, 1.82) is 0 Å². The van der Waals surface area contributed by atoms with Gasteiger partial charge in [0, 0.05) is 35.8 Å². The number of carbonyl (C=O) groups excluding carboxylic acids is 2. The molecule has 0 unspecified atom stereocenters. The Hall–Kier alpha value is -3.35. The number of ketones is 1. The van der Waals surface area contributed by atoms with Gasteiger partial charge in [-0.2, -0.15) is 0 Å². The first-order valence-corrected chi connectivity index (χ1v) is 6.80. The molecule has 1 N–H and O–H groups in total. The van der Waals surface area contributed by atoms with Gasteiger partial charge in [-0.25, -0.2) is 0 Å². The van der Waals surface area contributed by atoms with Crippen LogP contribution >= 0.6 is 0 Å². The lowest BCUT2D eigenvalue weighted by molar-refractivity contribution is -0.384. The number of Topliss-reactive ketones (excluding diaryl/α,β-unsaturated/α-hetero) is 1. The van der Waals surface area contributed by atoms with Crippen molar-refractivity contribution >= 4 is 28.6 Å². The van der Waals surface area contributed by atoms with Crippen LogP contribution in [0.1, 0.15) is 11.1 Å². The molecule has 0 saturated heterocycles. The molecular weight excluding hydrogens is 298 g/mol. The van der Waals surface area contributed by atoms with Crippen molar-refractivity contribution in [3.8, 4) is 0 Å². The normalized spacial score (nSPS) is 12.3. The Bertz CT molecular complexity index is 844. The van der Waals surface area contributed by atoms with Gasteiger partial charge < -0.3 is 5.32 Å². The summed E-state index contributed by atoms with van der Waals surface area (Å²) in [4.78, 5) is 38.6. The molecule has 0 saturated carbocycles. The molecule has 0 fully saturated rings. The first kappa shape index (κ1) is 14.6. The highest BCUT2D eigenvalue weighted by Gasteiger charge is 2.27. The zero-order valence-corrected chi connectivity index (χ0v) is 11.9. The van der Waals surface area contributed by atoms with Gasteiger partial charge in [0.1, 0.15) is 0 Å². The van der Waals surface area contributed by atoms with Crippen LogP contribution in [0.4, 0.5) is 11.4 Å². The van der Waals surface area contributed by atoms with Gasteiger partial charge in [-0.15, -0.1) is 0 Å². The van der Waals surface area contributed by atoms with Crippen molar-refractivity contribution in [1.82, 2.24) is 4.98 Å². The third-order valence-electron chi connectivity index (χ3n) is 3.51. The highest BCUT2D eigenvalue weighted by atomic mass is 16.6. The summed E-state index contributed by atoms with van der Waals surface area (Å²) >= 11 is 0. The maximum absolute atomic E-state index is 12.3. The van der Waals surface area contributed by atoms with Crippen LogP contribution in [0.3, 0.4) is 0 Å². The average Bonchev–Trinajstić information content (AvgIpc) is 2.98. The fourth-order valence-corrected chi connectivity index (χ4v) is 2.39. The lowest BCUT2D eigenvalue weighted by atomic mass is 10.0. The summed E-state index contributed by atoms with van der Waals surface area (Å²) in [6, 6.07) is 7.44. The zero-order chi connectivity index (χ0) is 16.4. The largest absolute Gasteiger partial charge is 0.319 e. The lowest BCUT2D eigenvalue weighted by Gasteiger charge is -2.06. The van der Waals surface area contributed by atoms with Gasteiger partial charge in [-0.1, -0.05) is 12.1 Å². The SMILES string of the molecule is O=C(Nc1ccncc1)C(=O)C1=CCc2ccc([N+](=O)[O-])cc21. The van der Waals surface area contributed by atoms with E-state index in [-0.39, 0.29) is 11.3 Å². The number of carbonyl (C=O) groups is 2. The van der Waals surface area contributed by atoms with E-state index in [1.54, 1.807) is 24.3 Å². The van der Waals surface area contributed by atoms with Crippen LogP contribution in [0.15, 0.2) is 48.8 Å². The summed E-state index contributed by atoms with van der Waals surface area (Å²) in [6.45, 7) is 0. The standard InChI is InChI=1S/C16H11N3O4/c20-15(16(21)18-11-5-7-17-8-6-11)13-4-2-10-1-3-12(19(22)23)9-14(10)13/h1,3-9H,2H2,(H,17,18,21). The summed E-state index contributed by atoms with van der Waals surface area (Å²) in [7, 11) is 0. The van der Waals surface area contributed by atoms with Gasteiger partial charge in [0.15, 0.2) is 0 Å². The van der Waals surface area contributed by atoms with Crippen LogP contribution in [0, 0.1) is 10.1 Å². The number of non-ortho nitro benzene ring substituents is 1. The predicted octanol–water partition coefficient (Wildman–Crippen LogP) is 2.14. The van der Waals surface area contributed by atoms with Gasteiger partial charge >= 0.3 is 0 Å². The third-order valence-corrected chi connectivity index (χ3v) is 3.51. The minimum atomic E-state index is -0.790. The highest BCUT2D eigenvalue weighted by molar-refractivity contribution is 6.56. The van der Waals surface area contributed by atoms with Crippen LogP contribution in [-0.2, 0) is 16.0 Å². The number of benzene rings is 1. The molecular formula is C16H11N3O4. The van der Waals surface area contributed by atoms with E-state index >= 15 is 0 Å². The van der Waals surface area contributed by atoms with Crippen molar-refractivity contribution in [2.75, 3.05) is 5.32 Å². The molecule has 7 nitrogen and oxygen atoms in total. The summed E-state index contributed by atoms with van der Waals surface area (Å²) in [5.74, 6) is -1.51. The number of nitrogens with zero attached hydrogens (tertiary/aromatic N) is 2. The number of hydrogen-bond acceptors (Lipinski definition) is 5. The molecule has 1 aliphatic rings. The Balaban J connectivity index is 1.84. The maximum atomic E-state index is 12.3. The number of nitro groups is 1. The lowest BCUT2D eigenvalue weighted by Crippen LogP contribution is -2.23. The summed E-state index contributed by atoms with van der Waals surface area (Å²) in [6.07, 6.45) is 5.07. The number of amides is 1. The van der Waals surface area contributed by atoms with E-state index in [1.165, 1.54) is 24.5 Å². The molecule has 2 aromatic rings. The summed E-state index contributed by atoms with van der Waals surface area (Å²) < 4.78 is 0. The molecule has 0 radical (unpaired) electrons. The van der Waals surface area contributed by atoms with E-state index < -0.39 is 16.6 Å². The number of fused-ring (bicyclic) bond motifs is 1. The smallest absolute Gasteiger partial charge is 0.296 e. The Kier molecular flexibility index (Phi) is 3.68. The molecule has 0 bridgehead atoms. The van der Waals surface area contributed by atoms with Gasteiger partial charge in [0.2, 0.25) is 0 Å². The topological polar surface area (TPSA) is 102 Å². The first-order chi connectivity index (χ1) is 11.1. The van der Waals surface area contributed by atoms with Gasteiger partial charge in [0.05, 0.1) is 4.92 Å². The van der Waals surface area contributed by atoms with E-state index in [2.05, 4.69) is 10.3 Å². The third kappa shape index (κ3) is 2.84. The Morgan fingerprint density at radius 3 is 2.61 bits per heavy atom. The number of allylic oxidation sites excluding steroid dienone is 1. The molecule has 1 aromatic heterocycles. The Labute approximate surface area is 130 Å². The Morgan fingerprint density at radius 1 is 1.17 bits per heavy atom. The molecule has 1 heterocycles. The van der Waals surface area contributed by atoms with Crippen molar-refractivity contribution in [3.05, 3.63) is 70.0 Å². The number of rotatable bonds is 4. The molecule has 0 aliphatic heterocycles. The van der Waals surface area contributed by atoms with E-state index in [4.69, 9.17) is 0 Å². The fourth-order valence-electron chi connectivity index (χ4n) is 2.39. The molecule has 1 aliphatic carbocycles. The molecule has 0 atom stereocenters. The molecule has 23 heavy (non-hydrogen) atoms. The molecule has 0 spiro atoms. The van der Waals surface area contributed by atoms with Crippen LogP contribution in [0.2, 0.25) is 0 Å². The van der Waals surface area contributed by atoms with E-state index in [1.807, 2.05) is 0 Å². The molecule has 114 valence electrons. The molecule has 7 heteroatoms. The van der Waals surface area contributed by atoms with Crippen molar-refractivity contribution in [2.45, 2.75) is 6.42 Å². The summed E-state index contributed by atoms with van der Waals surface area (Å²) in [5.41, 5.74) is 1.76. The Morgan fingerprint density at radius 2 is 1.91 bits per heavy atom. The minimum absolute atomic E-state index is 0.112. The van der Waals surface area contributed by atoms with Crippen molar-refractivity contribution in [2.24, 2.45) is 0 Å². The molecule has 3 rings (SSSR count). The van der Waals surface area contributed by atoms with Crippen LogP contribution < -0.4 is 5.32 Å². The number of hydrogen-bond donors (Lipinski definition) is 1. The van der Waals surface area contributed by atoms with E-state index in [0.29, 0.717) is 17.7 Å². The second-order valence-corrected chi connectivity index (χ2v) is 4.94. The minimum Gasteiger partial charge on any atom is -0.319 e. The van der Waals surface area contributed by atoms with Crippen molar-refractivity contribution in [3.63, 3.8) is 0 Å².